The first kappa shape index (κ1) is 21.4. The van der Waals surface area contributed by atoms with Crippen molar-refractivity contribution in [2.24, 2.45) is 0 Å². The van der Waals surface area contributed by atoms with Gasteiger partial charge in [0, 0.05) is 44.8 Å². The number of carbonyl (C=O) groups is 1. The summed E-state index contributed by atoms with van der Waals surface area (Å²) >= 11 is 1.68. The lowest BCUT2D eigenvalue weighted by molar-refractivity contribution is 0.0746. The van der Waals surface area contributed by atoms with E-state index in [1.807, 2.05) is 23.1 Å². The molecule has 0 radical (unpaired) electrons. The molecule has 3 aromatic rings. The number of piperazine rings is 1. The minimum absolute atomic E-state index is 0.0594. The Kier molecular flexibility index (Phi) is 5.88. The minimum atomic E-state index is -3.48. The first-order valence-corrected chi connectivity index (χ1v) is 13.3. The molecule has 2 aliphatic heterocycles. The summed E-state index contributed by atoms with van der Waals surface area (Å²) in [6, 6.07) is 14.5. The second-order valence-electron chi connectivity index (χ2n) is 8.23. The molecular weight excluding hydrogens is 444 g/mol. The molecule has 0 atom stereocenters. The third kappa shape index (κ3) is 4.12. The molecular formula is C23H26N4O3S2. The lowest BCUT2D eigenvalue weighted by Crippen LogP contribution is -2.48. The number of benzene rings is 2. The summed E-state index contributed by atoms with van der Waals surface area (Å²) in [6.45, 7) is 3.83. The lowest BCUT2D eigenvalue weighted by atomic mass is 10.2. The van der Waals surface area contributed by atoms with E-state index in [4.69, 9.17) is 4.98 Å². The topological polar surface area (TPSA) is 73.8 Å². The lowest BCUT2D eigenvalue weighted by Gasteiger charge is -2.34. The fraction of sp³-hybridized carbons (Fsp3) is 0.391. The van der Waals surface area contributed by atoms with Crippen LogP contribution < -0.4 is 4.90 Å². The Bertz CT molecular complexity index is 1180. The van der Waals surface area contributed by atoms with Crippen molar-refractivity contribution in [1.82, 2.24) is 14.2 Å². The number of piperidine rings is 1. The first-order chi connectivity index (χ1) is 15.5. The van der Waals surface area contributed by atoms with Gasteiger partial charge in [0.2, 0.25) is 10.0 Å². The maximum absolute atomic E-state index is 13.0. The zero-order valence-electron chi connectivity index (χ0n) is 17.8. The molecule has 2 aromatic carbocycles. The number of carbonyl (C=O) groups excluding carboxylic acids is 1. The zero-order valence-corrected chi connectivity index (χ0v) is 19.4. The molecule has 1 aromatic heterocycles. The van der Waals surface area contributed by atoms with Crippen LogP contribution in [-0.2, 0) is 10.0 Å². The minimum Gasteiger partial charge on any atom is -0.345 e. The molecule has 2 fully saturated rings. The monoisotopic (exact) mass is 470 g/mol. The predicted molar refractivity (Wildman–Crippen MR) is 127 cm³/mol. The van der Waals surface area contributed by atoms with Crippen LogP contribution in [0.15, 0.2) is 53.4 Å². The van der Waals surface area contributed by atoms with Crippen LogP contribution in [0.25, 0.3) is 10.2 Å². The van der Waals surface area contributed by atoms with Crippen LogP contribution in [0.5, 0.6) is 0 Å². The molecule has 5 rings (SSSR count). The third-order valence-corrected chi connectivity index (χ3v) is 9.18. The number of amides is 1. The van der Waals surface area contributed by atoms with Gasteiger partial charge in [-0.2, -0.15) is 4.31 Å². The molecule has 0 bridgehead atoms. The van der Waals surface area contributed by atoms with Crippen LogP contribution in [0.1, 0.15) is 29.6 Å². The van der Waals surface area contributed by atoms with E-state index in [0.717, 1.165) is 43.0 Å². The molecule has 0 aliphatic carbocycles. The molecule has 3 heterocycles. The molecule has 32 heavy (non-hydrogen) atoms. The zero-order chi connectivity index (χ0) is 22.1. The van der Waals surface area contributed by atoms with E-state index >= 15 is 0 Å². The van der Waals surface area contributed by atoms with E-state index in [9.17, 15) is 13.2 Å². The van der Waals surface area contributed by atoms with Crippen molar-refractivity contribution < 1.29 is 13.2 Å². The van der Waals surface area contributed by atoms with Gasteiger partial charge in [-0.1, -0.05) is 29.9 Å². The molecule has 9 heteroatoms. The fourth-order valence-corrected chi connectivity index (χ4v) is 6.84. The van der Waals surface area contributed by atoms with Crippen LogP contribution in [0.4, 0.5) is 5.13 Å². The van der Waals surface area contributed by atoms with Gasteiger partial charge >= 0.3 is 0 Å². The number of thiazole rings is 1. The molecule has 2 aliphatic rings. The maximum Gasteiger partial charge on any atom is 0.253 e. The van der Waals surface area contributed by atoms with E-state index < -0.39 is 10.0 Å². The second-order valence-corrected chi connectivity index (χ2v) is 11.2. The Morgan fingerprint density at radius 1 is 0.844 bits per heavy atom. The van der Waals surface area contributed by atoms with Crippen molar-refractivity contribution in [3.63, 3.8) is 0 Å². The summed E-state index contributed by atoms with van der Waals surface area (Å²) in [5.41, 5.74) is 1.53. The number of hydrogen-bond donors (Lipinski definition) is 0. The highest BCUT2D eigenvalue weighted by atomic mass is 32.2. The van der Waals surface area contributed by atoms with Crippen molar-refractivity contribution in [2.75, 3.05) is 44.2 Å². The Hall–Kier alpha value is -2.49. The quantitative estimate of drug-likeness (QED) is 0.584. The summed E-state index contributed by atoms with van der Waals surface area (Å²) in [5.74, 6) is -0.0594. The Labute approximate surface area is 192 Å². The second kappa shape index (κ2) is 8.80. The molecule has 7 nitrogen and oxygen atoms in total. The highest BCUT2D eigenvalue weighted by Gasteiger charge is 2.27. The number of nitrogens with zero attached hydrogens (tertiary/aromatic N) is 4. The summed E-state index contributed by atoms with van der Waals surface area (Å²) < 4.78 is 28.4. The number of rotatable bonds is 4. The highest BCUT2D eigenvalue weighted by molar-refractivity contribution is 7.89. The van der Waals surface area contributed by atoms with E-state index in [-0.39, 0.29) is 10.8 Å². The standard InChI is InChI=1S/C23H26N4O3S2/c28-22(18-8-10-19(11-9-18)32(29,30)27-12-4-1-5-13-27)25-14-16-26(17-15-25)23-24-20-6-2-3-7-21(20)31-23/h2-3,6-11H,1,4-5,12-17H2. The number of aromatic nitrogens is 1. The number of para-hydroxylation sites is 1. The van der Waals surface area contributed by atoms with E-state index in [2.05, 4.69) is 11.0 Å². The van der Waals surface area contributed by atoms with Gasteiger partial charge in [-0.05, 0) is 49.2 Å². The van der Waals surface area contributed by atoms with Gasteiger partial charge < -0.3 is 9.80 Å². The van der Waals surface area contributed by atoms with Crippen LogP contribution in [0.2, 0.25) is 0 Å². The largest absolute Gasteiger partial charge is 0.345 e. The summed E-state index contributed by atoms with van der Waals surface area (Å²) in [7, 11) is -3.48. The average molecular weight is 471 g/mol. The molecule has 0 saturated carbocycles. The van der Waals surface area contributed by atoms with E-state index in [1.54, 1.807) is 39.9 Å². The maximum atomic E-state index is 13.0. The van der Waals surface area contributed by atoms with Crippen LogP contribution >= 0.6 is 11.3 Å². The van der Waals surface area contributed by atoms with Crippen molar-refractivity contribution in [1.29, 1.82) is 0 Å². The van der Waals surface area contributed by atoms with Crippen molar-refractivity contribution in [3.05, 3.63) is 54.1 Å². The molecule has 0 N–H and O–H groups in total. The number of anilines is 1. The molecule has 0 spiro atoms. The first-order valence-electron chi connectivity index (χ1n) is 11.0. The number of hydrogen-bond acceptors (Lipinski definition) is 6. The highest BCUT2D eigenvalue weighted by Crippen LogP contribution is 2.29. The van der Waals surface area contributed by atoms with Gasteiger partial charge in [-0.3, -0.25) is 4.79 Å². The van der Waals surface area contributed by atoms with Gasteiger partial charge in [-0.25, -0.2) is 13.4 Å². The summed E-state index contributed by atoms with van der Waals surface area (Å²) in [5, 5.41) is 0.991. The van der Waals surface area contributed by atoms with Crippen molar-refractivity contribution >= 4 is 42.6 Å². The average Bonchev–Trinajstić information content (AvgIpc) is 3.29. The van der Waals surface area contributed by atoms with Crippen LogP contribution in [0, 0.1) is 0 Å². The SMILES string of the molecule is O=C(c1ccc(S(=O)(=O)N2CCCCC2)cc1)N1CCN(c2nc3ccccc3s2)CC1. The predicted octanol–water partition coefficient (Wildman–Crippen LogP) is 3.43. The van der Waals surface area contributed by atoms with E-state index in [0.29, 0.717) is 31.7 Å². The molecule has 168 valence electrons. The molecule has 0 unspecified atom stereocenters. The molecule has 2 saturated heterocycles. The van der Waals surface area contributed by atoms with Gasteiger partial charge in [0.05, 0.1) is 15.1 Å². The van der Waals surface area contributed by atoms with Gasteiger partial charge in [0.25, 0.3) is 5.91 Å². The smallest absolute Gasteiger partial charge is 0.253 e. The van der Waals surface area contributed by atoms with Crippen molar-refractivity contribution in [2.45, 2.75) is 24.2 Å². The Morgan fingerprint density at radius 3 is 2.22 bits per heavy atom. The van der Waals surface area contributed by atoms with Crippen LogP contribution in [0.3, 0.4) is 0 Å². The number of sulfonamides is 1. The van der Waals surface area contributed by atoms with Crippen LogP contribution in [-0.4, -0.2) is 67.8 Å². The van der Waals surface area contributed by atoms with E-state index in [1.165, 1.54) is 4.70 Å². The summed E-state index contributed by atoms with van der Waals surface area (Å²) in [6.07, 6.45) is 2.88. The third-order valence-electron chi connectivity index (χ3n) is 6.17. The van der Waals surface area contributed by atoms with Gasteiger partial charge in [-0.15, -0.1) is 0 Å². The normalized spacial score (nSPS) is 18.2. The fourth-order valence-electron chi connectivity index (χ4n) is 4.30. The Morgan fingerprint density at radius 2 is 1.53 bits per heavy atom. The molecule has 1 amide bonds. The number of fused-ring (bicyclic) bond motifs is 1. The van der Waals surface area contributed by atoms with Gasteiger partial charge in [0.15, 0.2) is 5.13 Å². The Balaban J connectivity index is 1.23. The van der Waals surface area contributed by atoms with Crippen molar-refractivity contribution in [3.8, 4) is 0 Å². The summed E-state index contributed by atoms with van der Waals surface area (Å²) in [4.78, 5) is 22.0. The van der Waals surface area contributed by atoms with Gasteiger partial charge in [0.1, 0.15) is 0 Å².